The molecule has 0 saturated heterocycles. The van der Waals surface area contributed by atoms with Crippen molar-refractivity contribution in [3.8, 4) is 0 Å². The first-order valence-corrected chi connectivity index (χ1v) is 8.84. The summed E-state index contributed by atoms with van der Waals surface area (Å²) in [5.74, 6) is 0. The number of halogens is 1. The molecule has 0 fully saturated rings. The summed E-state index contributed by atoms with van der Waals surface area (Å²) in [6.07, 6.45) is -0.304. The van der Waals surface area contributed by atoms with Gasteiger partial charge in [0.15, 0.2) is 0 Å². The first-order valence-electron chi connectivity index (χ1n) is 8.05. The van der Waals surface area contributed by atoms with Crippen LogP contribution in [0.5, 0.6) is 0 Å². The van der Waals surface area contributed by atoms with Crippen molar-refractivity contribution in [2.45, 2.75) is 45.9 Å². The lowest BCUT2D eigenvalue weighted by Crippen LogP contribution is -2.38. The summed E-state index contributed by atoms with van der Waals surface area (Å²) in [5.41, 5.74) is 1.62. The second-order valence-electron chi connectivity index (χ2n) is 6.82. The molecule has 0 spiro atoms. The number of rotatable bonds is 4. The molecule has 2 rings (SSSR count). The van der Waals surface area contributed by atoms with E-state index in [1.54, 1.807) is 4.90 Å². The van der Waals surface area contributed by atoms with E-state index < -0.39 is 5.60 Å². The molecule has 0 bridgehead atoms. The van der Waals surface area contributed by atoms with Crippen molar-refractivity contribution in [2.75, 3.05) is 0 Å². The van der Waals surface area contributed by atoms with E-state index in [1.165, 1.54) is 0 Å². The highest BCUT2D eigenvalue weighted by Gasteiger charge is 2.27. The normalized spacial score (nSPS) is 12.5. The Morgan fingerprint density at radius 2 is 1.67 bits per heavy atom. The fourth-order valence-corrected chi connectivity index (χ4v) is 2.65. The van der Waals surface area contributed by atoms with Crippen molar-refractivity contribution >= 4 is 22.0 Å². The number of amides is 1. The summed E-state index contributed by atoms with van der Waals surface area (Å²) >= 11 is 3.45. The molecule has 0 radical (unpaired) electrons. The summed E-state index contributed by atoms with van der Waals surface area (Å²) in [6.45, 7) is 8.19. The molecule has 24 heavy (non-hydrogen) atoms. The standard InChI is InChI=1S/C20H24BrNO2/c1-15(17-10-12-18(21)13-11-17)22(19(23)24-20(2,3)4)14-16-8-6-5-7-9-16/h5-13,15H,14H2,1-4H3. The van der Waals surface area contributed by atoms with Crippen LogP contribution in [0.1, 0.15) is 44.9 Å². The lowest BCUT2D eigenvalue weighted by atomic mass is 10.1. The fraction of sp³-hybridized carbons (Fsp3) is 0.350. The van der Waals surface area contributed by atoms with Crippen LogP contribution in [-0.4, -0.2) is 16.6 Å². The van der Waals surface area contributed by atoms with Gasteiger partial charge in [0.25, 0.3) is 0 Å². The minimum atomic E-state index is -0.522. The molecule has 0 saturated carbocycles. The molecular weight excluding hydrogens is 366 g/mol. The van der Waals surface area contributed by atoms with Crippen LogP contribution in [0, 0.1) is 0 Å². The second kappa shape index (κ2) is 7.84. The van der Waals surface area contributed by atoms with Crippen molar-refractivity contribution < 1.29 is 9.53 Å². The van der Waals surface area contributed by atoms with Gasteiger partial charge in [-0.15, -0.1) is 0 Å². The number of hydrogen-bond donors (Lipinski definition) is 0. The van der Waals surface area contributed by atoms with Crippen LogP contribution >= 0.6 is 15.9 Å². The Morgan fingerprint density at radius 3 is 2.21 bits per heavy atom. The minimum Gasteiger partial charge on any atom is -0.444 e. The van der Waals surface area contributed by atoms with Gasteiger partial charge in [0.05, 0.1) is 6.04 Å². The number of hydrogen-bond acceptors (Lipinski definition) is 2. The van der Waals surface area contributed by atoms with Crippen molar-refractivity contribution in [3.05, 3.63) is 70.2 Å². The molecule has 0 aliphatic rings. The Bertz CT molecular complexity index is 662. The molecule has 0 N–H and O–H groups in total. The van der Waals surface area contributed by atoms with Crippen LogP contribution in [0.2, 0.25) is 0 Å². The van der Waals surface area contributed by atoms with Crippen molar-refractivity contribution in [3.63, 3.8) is 0 Å². The summed E-state index contributed by atoms with van der Waals surface area (Å²) in [7, 11) is 0. The van der Waals surface area contributed by atoms with E-state index in [4.69, 9.17) is 4.74 Å². The molecule has 2 aromatic carbocycles. The van der Waals surface area contributed by atoms with Gasteiger partial charge in [-0.05, 0) is 51.0 Å². The molecule has 0 aromatic heterocycles. The van der Waals surface area contributed by atoms with Crippen molar-refractivity contribution in [2.24, 2.45) is 0 Å². The van der Waals surface area contributed by atoms with Crippen LogP contribution in [0.15, 0.2) is 59.1 Å². The van der Waals surface area contributed by atoms with E-state index in [2.05, 4.69) is 15.9 Å². The average molecular weight is 390 g/mol. The first-order chi connectivity index (χ1) is 11.3. The van der Waals surface area contributed by atoms with Crippen LogP contribution < -0.4 is 0 Å². The van der Waals surface area contributed by atoms with E-state index in [0.717, 1.165) is 15.6 Å². The first kappa shape index (κ1) is 18.5. The smallest absolute Gasteiger partial charge is 0.411 e. The van der Waals surface area contributed by atoms with Gasteiger partial charge in [0, 0.05) is 11.0 Å². The maximum atomic E-state index is 12.7. The molecular formula is C20H24BrNO2. The average Bonchev–Trinajstić information content (AvgIpc) is 2.52. The zero-order valence-electron chi connectivity index (χ0n) is 14.6. The molecule has 4 heteroatoms. The van der Waals surface area contributed by atoms with E-state index >= 15 is 0 Å². The Hall–Kier alpha value is -1.81. The molecule has 2 aromatic rings. The predicted molar refractivity (Wildman–Crippen MR) is 101 cm³/mol. The number of benzene rings is 2. The van der Waals surface area contributed by atoms with Gasteiger partial charge < -0.3 is 4.74 Å². The maximum absolute atomic E-state index is 12.7. The molecule has 1 unspecified atom stereocenters. The van der Waals surface area contributed by atoms with Gasteiger partial charge in [-0.2, -0.15) is 0 Å². The van der Waals surface area contributed by atoms with E-state index in [9.17, 15) is 4.79 Å². The predicted octanol–water partition coefficient (Wildman–Crippen LogP) is 5.95. The Kier molecular flexibility index (Phi) is 6.05. The monoisotopic (exact) mass is 389 g/mol. The van der Waals surface area contributed by atoms with Gasteiger partial charge >= 0.3 is 6.09 Å². The lowest BCUT2D eigenvalue weighted by molar-refractivity contribution is 0.0153. The lowest BCUT2D eigenvalue weighted by Gasteiger charge is -2.32. The number of carbonyl (C=O) groups is 1. The van der Waals surface area contributed by atoms with Crippen molar-refractivity contribution in [1.82, 2.24) is 4.90 Å². The summed E-state index contributed by atoms with van der Waals surface area (Å²) in [5, 5.41) is 0. The minimum absolute atomic E-state index is 0.0897. The zero-order valence-corrected chi connectivity index (χ0v) is 16.2. The summed E-state index contributed by atoms with van der Waals surface area (Å²) < 4.78 is 6.63. The highest BCUT2D eigenvalue weighted by Crippen LogP contribution is 2.26. The van der Waals surface area contributed by atoms with Crippen LogP contribution in [0.25, 0.3) is 0 Å². The third kappa shape index (κ3) is 5.38. The van der Waals surface area contributed by atoms with Gasteiger partial charge in [-0.25, -0.2) is 4.79 Å². The fourth-order valence-electron chi connectivity index (χ4n) is 2.38. The Balaban J connectivity index is 2.27. The zero-order chi connectivity index (χ0) is 17.7. The quantitative estimate of drug-likeness (QED) is 0.646. The van der Waals surface area contributed by atoms with Gasteiger partial charge in [0.1, 0.15) is 5.60 Å². The van der Waals surface area contributed by atoms with Crippen LogP contribution in [-0.2, 0) is 11.3 Å². The third-order valence-electron chi connectivity index (χ3n) is 3.64. The summed E-state index contributed by atoms with van der Waals surface area (Å²) in [6, 6.07) is 17.9. The van der Waals surface area contributed by atoms with E-state index in [-0.39, 0.29) is 12.1 Å². The summed E-state index contributed by atoms with van der Waals surface area (Å²) in [4.78, 5) is 14.5. The highest BCUT2D eigenvalue weighted by molar-refractivity contribution is 9.10. The van der Waals surface area contributed by atoms with E-state index in [0.29, 0.717) is 6.54 Å². The Labute approximate surface area is 152 Å². The molecule has 0 aliphatic heterocycles. The molecule has 128 valence electrons. The van der Waals surface area contributed by atoms with Gasteiger partial charge in [-0.1, -0.05) is 58.4 Å². The molecule has 3 nitrogen and oxygen atoms in total. The second-order valence-corrected chi connectivity index (χ2v) is 7.74. The highest BCUT2D eigenvalue weighted by atomic mass is 79.9. The topological polar surface area (TPSA) is 29.5 Å². The van der Waals surface area contributed by atoms with Gasteiger partial charge in [-0.3, -0.25) is 4.90 Å². The SMILES string of the molecule is CC(c1ccc(Br)cc1)N(Cc1ccccc1)C(=O)OC(C)(C)C. The number of carbonyl (C=O) groups excluding carboxylic acids is 1. The third-order valence-corrected chi connectivity index (χ3v) is 4.17. The van der Waals surface area contributed by atoms with Crippen LogP contribution in [0.3, 0.4) is 0 Å². The molecule has 0 heterocycles. The molecule has 0 aliphatic carbocycles. The Morgan fingerprint density at radius 1 is 1.08 bits per heavy atom. The van der Waals surface area contributed by atoms with Crippen LogP contribution in [0.4, 0.5) is 4.79 Å². The number of nitrogens with zero attached hydrogens (tertiary/aromatic N) is 1. The molecule has 1 atom stereocenters. The number of ether oxygens (including phenoxy) is 1. The van der Waals surface area contributed by atoms with E-state index in [1.807, 2.05) is 82.3 Å². The largest absolute Gasteiger partial charge is 0.444 e. The maximum Gasteiger partial charge on any atom is 0.411 e. The van der Waals surface area contributed by atoms with Crippen molar-refractivity contribution in [1.29, 1.82) is 0 Å². The molecule has 1 amide bonds. The van der Waals surface area contributed by atoms with Gasteiger partial charge in [0.2, 0.25) is 0 Å².